The van der Waals surface area contributed by atoms with Crippen LogP contribution in [0.1, 0.15) is 59.8 Å². The molecule has 2 N–H and O–H groups in total. The zero-order valence-corrected chi connectivity index (χ0v) is 12.2. The first-order valence-corrected chi connectivity index (χ1v) is 7.09. The van der Waals surface area contributed by atoms with Gasteiger partial charge in [0.05, 0.1) is 5.92 Å². The second-order valence-corrected chi connectivity index (χ2v) is 6.23. The molecule has 18 heavy (non-hydrogen) atoms. The number of unbranched alkanes of at least 4 members (excludes halogenated alkanes) is 1. The summed E-state index contributed by atoms with van der Waals surface area (Å²) in [5.74, 6) is 5.89. The molecular formula is C14H28N2O2. The molecule has 1 aliphatic heterocycles. The van der Waals surface area contributed by atoms with Crippen molar-refractivity contribution in [2.24, 2.45) is 11.8 Å². The van der Waals surface area contributed by atoms with Crippen molar-refractivity contribution in [3.05, 3.63) is 0 Å². The summed E-state index contributed by atoms with van der Waals surface area (Å²) in [6.45, 7) is 8.78. The van der Waals surface area contributed by atoms with E-state index in [4.69, 9.17) is 10.6 Å². The normalized spacial score (nSPS) is 26.1. The third-order valence-electron chi connectivity index (χ3n) is 3.38. The number of rotatable bonds is 4. The van der Waals surface area contributed by atoms with Crippen LogP contribution in [0.15, 0.2) is 0 Å². The molecule has 1 heterocycles. The molecule has 0 aromatic heterocycles. The maximum Gasteiger partial charge on any atom is 0.311 e. The molecule has 2 atom stereocenters. The summed E-state index contributed by atoms with van der Waals surface area (Å²) in [6, 6.07) is 0.147. The number of hydrazine groups is 1. The lowest BCUT2D eigenvalue weighted by Crippen LogP contribution is -2.52. The van der Waals surface area contributed by atoms with Crippen LogP contribution in [0.3, 0.4) is 0 Å². The number of carbonyl (C=O) groups excluding carboxylic acids is 1. The van der Waals surface area contributed by atoms with E-state index < -0.39 is 5.60 Å². The average molecular weight is 256 g/mol. The Balaban J connectivity index is 2.66. The van der Waals surface area contributed by atoms with Gasteiger partial charge in [-0.25, -0.2) is 5.01 Å². The van der Waals surface area contributed by atoms with Gasteiger partial charge in [0.2, 0.25) is 0 Å². The van der Waals surface area contributed by atoms with E-state index in [0.29, 0.717) is 0 Å². The number of nitrogens with two attached hydrogens (primary N) is 1. The Morgan fingerprint density at radius 3 is 2.67 bits per heavy atom. The van der Waals surface area contributed by atoms with Gasteiger partial charge in [-0.3, -0.25) is 10.6 Å². The van der Waals surface area contributed by atoms with Crippen LogP contribution in [0.5, 0.6) is 0 Å². The van der Waals surface area contributed by atoms with Gasteiger partial charge >= 0.3 is 5.97 Å². The van der Waals surface area contributed by atoms with Crippen molar-refractivity contribution in [1.29, 1.82) is 0 Å². The smallest absolute Gasteiger partial charge is 0.311 e. The van der Waals surface area contributed by atoms with E-state index in [0.717, 1.165) is 38.6 Å². The Bertz CT molecular complexity index is 273. The quantitative estimate of drug-likeness (QED) is 0.620. The van der Waals surface area contributed by atoms with Gasteiger partial charge in [-0.05, 0) is 40.0 Å². The SMILES string of the molecule is CCCC[C@@H]1C(C(=O)OC(C)(C)C)CCCN1N. The topological polar surface area (TPSA) is 55.6 Å². The number of esters is 1. The summed E-state index contributed by atoms with van der Waals surface area (Å²) in [4.78, 5) is 12.2. The van der Waals surface area contributed by atoms with Crippen LogP contribution in [-0.2, 0) is 9.53 Å². The lowest BCUT2D eigenvalue weighted by atomic mass is 9.87. The Morgan fingerprint density at radius 2 is 2.11 bits per heavy atom. The fourth-order valence-corrected chi connectivity index (χ4v) is 2.52. The Hall–Kier alpha value is -0.610. The van der Waals surface area contributed by atoms with Gasteiger partial charge in [0, 0.05) is 12.6 Å². The van der Waals surface area contributed by atoms with E-state index in [-0.39, 0.29) is 17.9 Å². The van der Waals surface area contributed by atoms with E-state index in [9.17, 15) is 4.79 Å². The lowest BCUT2D eigenvalue weighted by Gasteiger charge is -2.38. The van der Waals surface area contributed by atoms with Crippen LogP contribution in [0.2, 0.25) is 0 Å². The molecule has 4 heteroatoms. The first-order valence-electron chi connectivity index (χ1n) is 7.09. The molecular weight excluding hydrogens is 228 g/mol. The molecule has 0 aliphatic carbocycles. The molecule has 1 fully saturated rings. The number of hydrogen-bond donors (Lipinski definition) is 1. The zero-order valence-electron chi connectivity index (χ0n) is 12.2. The van der Waals surface area contributed by atoms with E-state index in [1.54, 1.807) is 0 Å². The molecule has 0 aromatic carbocycles. The van der Waals surface area contributed by atoms with Gasteiger partial charge in [0.25, 0.3) is 0 Å². The second-order valence-electron chi connectivity index (χ2n) is 6.23. The van der Waals surface area contributed by atoms with E-state index >= 15 is 0 Å². The monoisotopic (exact) mass is 256 g/mol. The van der Waals surface area contributed by atoms with Crippen molar-refractivity contribution in [1.82, 2.24) is 5.01 Å². The molecule has 4 nitrogen and oxygen atoms in total. The molecule has 0 saturated carbocycles. The number of ether oxygens (including phenoxy) is 1. The van der Waals surface area contributed by atoms with Crippen LogP contribution in [-0.4, -0.2) is 29.2 Å². The molecule has 0 radical (unpaired) electrons. The highest BCUT2D eigenvalue weighted by Gasteiger charge is 2.36. The maximum absolute atomic E-state index is 12.2. The summed E-state index contributed by atoms with van der Waals surface area (Å²) < 4.78 is 5.51. The van der Waals surface area contributed by atoms with Gasteiger partial charge in [-0.2, -0.15) is 0 Å². The molecule has 0 bridgehead atoms. The Kier molecular flexibility index (Phi) is 5.60. The second kappa shape index (κ2) is 6.53. The lowest BCUT2D eigenvalue weighted by molar-refractivity contribution is -0.164. The van der Waals surface area contributed by atoms with Gasteiger partial charge in [0.15, 0.2) is 0 Å². The van der Waals surface area contributed by atoms with Crippen molar-refractivity contribution in [3.63, 3.8) is 0 Å². The van der Waals surface area contributed by atoms with Crippen molar-refractivity contribution in [2.75, 3.05) is 6.54 Å². The Labute approximate surface area is 111 Å². The van der Waals surface area contributed by atoms with Gasteiger partial charge < -0.3 is 4.74 Å². The van der Waals surface area contributed by atoms with Gasteiger partial charge in [0.1, 0.15) is 5.60 Å². The summed E-state index contributed by atoms with van der Waals surface area (Å²) in [5.41, 5.74) is -0.413. The highest BCUT2D eigenvalue weighted by Crippen LogP contribution is 2.27. The predicted octanol–water partition coefficient (Wildman–Crippen LogP) is 2.47. The minimum absolute atomic E-state index is 0.0606. The van der Waals surface area contributed by atoms with Crippen molar-refractivity contribution in [2.45, 2.75) is 71.4 Å². The van der Waals surface area contributed by atoms with Crippen LogP contribution in [0, 0.1) is 5.92 Å². The molecule has 1 aliphatic rings. The zero-order chi connectivity index (χ0) is 13.8. The summed E-state index contributed by atoms with van der Waals surface area (Å²) >= 11 is 0. The standard InChI is InChI=1S/C14H28N2O2/c1-5-6-9-12-11(8-7-10-16(12)15)13(17)18-14(2,3)4/h11-12H,5-10,15H2,1-4H3/t11?,12-/m1/s1. The molecule has 1 rings (SSSR count). The number of hydrogen-bond acceptors (Lipinski definition) is 4. The molecule has 1 saturated heterocycles. The van der Waals surface area contributed by atoms with E-state index in [2.05, 4.69) is 6.92 Å². The molecule has 0 amide bonds. The summed E-state index contributed by atoms with van der Waals surface area (Å²) in [7, 11) is 0. The number of carbonyl (C=O) groups is 1. The number of nitrogens with zero attached hydrogens (tertiary/aromatic N) is 1. The highest BCUT2D eigenvalue weighted by atomic mass is 16.6. The molecule has 0 spiro atoms. The van der Waals surface area contributed by atoms with Gasteiger partial charge in [-0.15, -0.1) is 0 Å². The predicted molar refractivity (Wildman–Crippen MR) is 72.8 cm³/mol. The maximum atomic E-state index is 12.2. The fourth-order valence-electron chi connectivity index (χ4n) is 2.52. The fraction of sp³-hybridized carbons (Fsp3) is 0.929. The molecule has 0 aromatic rings. The van der Waals surface area contributed by atoms with Crippen LogP contribution in [0.4, 0.5) is 0 Å². The third-order valence-corrected chi connectivity index (χ3v) is 3.38. The largest absolute Gasteiger partial charge is 0.460 e. The Morgan fingerprint density at radius 1 is 1.44 bits per heavy atom. The minimum atomic E-state index is -0.413. The first-order chi connectivity index (χ1) is 8.35. The van der Waals surface area contributed by atoms with Crippen molar-refractivity contribution < 1.29 is 9.53 Å². The molecule has 106 valence electrons. The van der Waals surface area contributed by atoms with Crippen LogP contribution in [0.25, 0.3) is 0 Å². The van der Waals surface area contributed by atoms with Crippen molar-refractivity contribution >= 4 is 5.97 Å². The summed E-state index contributed by atoms with van der Waals surface area (Å²) in [5, 5.41) is 1.84. The number of piperidine rings is 1. The van der Waals surface area contributed by atoms with E-state index in [1.807, 2.05) is 25.8 Å². The summed E-state index contributed by atoms with van der Waals surface area (Å²) in [6.07, 6.45) is 5.10. The van der Waals surface area contributed by atoms with Gasteiger partial charge in [-0.1, -0.05) is 19.8 Å². The third kappa shape index (κ3) is 4.58. The van der Waals surface area contributed by atoms with E-state index in [1.165, 1.54) is 0 Å². The minimum Gasteiger partial charge on any atom is -0.460 e. The highest BCUT2D eigenvalue weighted by molar-refractivity contribution is 5.73. The average Bonchev–Trinajstić information content (AvgIpc) is 2.24. The van der Waals surface area contributed by atoms with Crippen LogP contribution < -0.4 is 5.84 Å². The van der Waals surface area contributed by atoms with Crippen LogP contribution >= 0.6 is 0 Å². The molecule has 1 unspecified atom stereocenters. The first kappa shape index (κ1) is 15.4. The van der Waals surface area contributed by atoms with Crippen molar-refractivity contribution in [3.8, 4) is 0 Å².